The molecule has 0 saturated heterocycles. The number of ether oxygens (including phenoxy) is 1. The highest BCUT2D eigenvalue weighted by molar-refractivity contribution is 4.78. The zero-order valence-corrected chi connectivity index (χ0v) is 8.76. The van der Waals surface area contributed by atoms with Crippen LogP contribution < -0.4 is 0 Å². The fourth-order valence-corrected chi connectivity index (χ4v) is 1.75. The molecule has 0 aliphatic rings. The Bertz CT molecular complexity index is 110. The first-order chi connectivity index (χ1) is 5.58. The molecule has 1 N–H and O–H groups in total. The molecule has 2 heteroatoms. The fraction of sp³-hybridized carbons (Fsp3) is 1.00. The second-order valence-electron chi connectivity index (χ2n) is 3.98. The van der Waals surface area contributed by atoms with E-state index >= 15 is 0 Å². The highest BCUT2D eigenvalue weighted by Gasteiger charge is 2.27. The van der Waals surface area contributed by atoms with Gasteiger partial charge in [0.2, 0.25) is 0 Å². The van der Waals surface area contributed by atoms with Crippen LogP contribution in [0.15, 0.2) is 0 Å². The molecule has 0 amide bonds. The van der Waals surface area contributed by atoms with Crippen LogP contribution in [0.3, 0.4) is 0 Å². The monoisotopic (exact) mass is 174 g/mol. The van der Waals surface area contributed by atoms with E-state index in [-0.39, 0.29) is 18.1 Å². The third-order valence-corrected chi connectivity index (χ3v) is 2.44. The molecule has 2 nitrogen and oxygen atoms in total. The smallest absolute Gasteiger partial charge is 0.0644 e. The molecule has 0 aliphatic carbocycles. The van der Waals surface area contributed by atoms with Crippen molar-refractivity contribution in [2.75, 3.05) is 13.7 Å². The number of aliphatic hydroxyl groups is 1. The summed E-state index contributed by atoms with van der Waals surface area (Å²) in [4.78, 5) is 0. The summed E-state index contributed by atoms with van der Waals surface area (Å²) < 4.78 is 5.35. The molecule has 0 aromatic heterocycles. The molecule has 0 fully saturated rings. The Hall–Kier alpha value is -0.0800. The molecular formula is C10H22O2. The predicted molar refractivity (Wildman–Crippen MR) is 51.2 cm³/mol. The maximum Gasteiger partial charge on any atom is 0.0644 e. The van der Waals surface area contributed by atoms with Gasteiger partial charge < -0.3 is 9.84 Å². The van der Waals surface area contributed by atoms with Crippen LogP contribution in [-0.4, -0.2) is 24.9 Å². The van der Waals surface area contributed by atoms with Crippen LogP contribution in [0.2, 0.25) is 0 Å². The van der Waals surface area contributed by atoms with E-state index in [1.165, 1.54) is 0 Å². The Morgan fingerprint density at radius 1 is 1.42 bits per heavy atom. The minimum Gasteiger partial charge on any atom is -0.396 e. The Morgan fingerprint density at radius 3 is 2.33 bits per heavy atom. The molecular weight excluding hydrogens is 152 g/mol. The number of rotatable bonds is 6. The third kappa shape index (κ3) is 3.55. The van der Waals surface area contributed by atoms with E-state index in [1.807, 2.05) is 0 Å². The summed E-state index contributed by atoms with van der Waals surface area (Å²) in [6, 6.07) is 0. The highest BCUT2D eigenvalue weighted by atomic mass is 16.5. The zero-order chi connectivity index (χ0) is 9.61. The van der Waals surface area contributed by atoms with Crippen LogP contribution in [0.4, 0.5) is 0 Å². The first-order valence-corrected chi connectivity index (χ1v) is 4.72. The lowest BCUT2D eigenvalue weighted by atomic mass is 9.81. The van der Waals surface area contributed by atoms with Crippen molar-refractivity contribution in [2.24, 2.45) is 5.41 Å². The molecule has 0 heterocycles. The molecule has 1 atom stereocenters. The van der Waals surface area contributed by atoms with Crippen LogP contribution in [0, 0.1) is 5.41 Å². The van der Waals surface area contributed by atoms with Gasteiger partial charge in [0.25, 0.3) is 0 Å². The van der Waals surface area contributed by atoms with Crippen molar-refractivity contribution in [3.63, 3.8) is 0 Å². The summed E-state index contributed by atoms with van der Waals surface area (Å²) in [6.45, 7) is 6.78. The Balaban J connectivity index is 4.05. The lowest BCUT2D eigenvalue weighted by Gasteiger charge is -2.32. The summed E-state index contributed by atoms with van der Waals surface area (Å²) in [7, 11) is 1.72. The lowest BCUT2D eigenvalue weighted by Crippen LogP contribution is -2.31. The summed E-state index contributed by atoms with van der Waals surface area (Å²) in [5.41, 5.74) is 0.187. The van der Waals surface area contributed by atoms with Crippen LogP contribution >= 0.6 is 0 Å². The molecule has 0 aromatic rings. The van der Waals surface area contributed by atoms with Crippen molar-refractivity contribution in [3.8, 4) is 0 Å². The van der Waals surface area contributed by atoms with Crippen molar-refractivity contribution >= 4 is 0 Å². The molecule has 0 aromatic carbocycles. The molecule has 12 heavy (non-hydrogen) atoms. The summed E-state index contributed by atoms with van der Waals surface area (Å²) >= 11 is 0. The number of hydrogen-bond acceptors (Lipinski definition) is 2. The topological polar surface area (TPSA) is 29.5 Å². The van der Waals surface area contributed by atoms with Gasteiger partial charge >= 0.3 is 0 Å². The SMILES string of the molecule is CCCC(C)(C)C(CCO)OC. The van der Waals surface area contributed by atoms with Crippen LogP contribution in [0.25, 0.3) is 0 Å². The largest absolute Gasteiger partial charge is 0.396 e. The molecule has 0 saturated carbocycles. The van der Waals surface area contributed by atoms with Crippen molar-refractivity contribution in [1.29, 1.82) is 0 Å². The Kier molecular flexibility index (Phi) is 5.51. The third-order valence-electron chi connectivity index (χ3n) is 2.44. The zero-order valence-electron chi connectivity index (χ0n) is 8.76. The average Bonchev–Trinajstić information content (AvgIpc) is 1.99. The van der Waals surface area contributed by atoms with E-state index in [9.17, 15) is 0 Å². The maximum atomic E-state index is 8.82. The van der Waals surface area contributed by atoms with Crippen LogP contribution in [0.5, 0.6) is 0 Å². The molecule has 74 valence electrons. The van der Waals surface area contributed by atoms with Crippen LogP contribution in [-0.2, 0) is 4.74 Å². The Morgan fingerprint density at radius 2 is 2.00 bits per heavy atom. The maximum absolute atomic E-state index is 8.82. The van der Waals surface area contributed by atoms with Gasteiger partial charge in [-0.05, 0) is 18.3 Å². The Labute approximate surface area is 75.9 Å². The van der Waals surface area contributed by atoms with Gasteiger partial charge in [-0.1, -0.05) is 27.2 Å². The number of hydrogen-bond donors (Lipinski definition) is 1. The second kappa shape index (κ2) is 5.55. The predicted octanol–water partition coefficient (Wildman–Crippen LogP) is 2.21. The number of aliphatic hydroxyl groups excluding tert-OH is 1. The van der Waals surface area contributed by atoms with E-state index in [0.29, 0.717) is 0 Å². The number of methoxy groups -OCH3 is 1. The van der Waals surface area contributed by atoms with E-state index in [0.717, 1.165) is 19.3 Å². The van der Waals surface area contributed by atoms with Crippen molar-refractivity contribution in [2.45, 2.75) is 46.1 Å². The lowest BCUT2D eigenvalue weighted by molar-refractivity contribution is -0.0134. The second-order valence-corrected chi connectivity index (χ2v) is 3.98. The molecule has 0 radical (unpaired) electrons. The van der Waals surface area contributed by atoms with Gasteiger partial charge in [-0.2, -0.15) is 0 Å². The molecule has 0 bridgehead atoms. The summed E-state index contributed by atoms with van der Waals surface area (Å²) in [6.07, 6.45) is 3.23. The van der Waals surface area contributed by atoms with Gasteiger partial charge in [-0.15, -0.1) is 0 Å². The van der Waals surface area contributed by atoms with Gasteiger partial charge in [0.15, 0.2) is 0 Å². The standard InChI is InChI=1S/C10H22O2/c1-5-7-10(2,3)9(12-4)6-8-11/h9,11H,5-8H2,1-4H3. The average molecular weight is 174 g/mol. The van der Waals surface area contributed by atoms with Gasteiger partial charge in [-0.3, -0.25) is 0 Å². The van der Waals surface area contributed by atoms with Gasteiger partial charge in [0.1, 0.15) is 0 Å². The summed E-state index contributed by atoms with van der Waals surface area (Å²) in [5, 5.41) is 8.82. The van der Waals surface area contributed by atoms with E-state index < -0.39 is 0 Å². The van der Waals surface area contributed by atoms with E-state index in [1.54, 1.807) is 7.11 Å². The van der Waals surface area contributed by atoms with Crippen LogP contribution in [0.1, 0.15) is 40.0 Å². The van der Waals surface area contributed by atoms with Gasteiger partial charge in [0, 0.05) is 13.7 Å². The molecule has 0 aliphatic heterocycles. The highest BCUT2D eigenvalue weighted by Crippen LogP contribution is 2.30. The van der Waals surface area contributed by atoms with Crippen molar-refractivity contribution in [3.05, 3.63) is 0 Å². The minimum atomic E-state index is 0.183. The first-order valence-electron chi connectivity index (χ1n) is 4.72. The summed E-state index contributed by atoms with van der Waals surface area (Å²) in [5.74, 6) is 0. The van der Waals surface area contributed by atoms with E-state index in [2.05, 4.69) is 20.8 Å². The van der Waals surface area contributed by atoms with Crippen molar-refractivity contribution < 1.29 is 9.84 Å². The molecule has 0 rings (SSSR count). The van der Waals surface area contributed by atoms with E-state index in [4.69, 9.17) is 9.84 Å². The molecule has 0 spiro atoms. The van der Waals surface area contributed by atoms with Gasteiger partial charge in [-0.25, -0.2) is 0 Å². The molecule has 1 unspecified atom stereocenters. The van der Waals surface area contributed by atoms with Gasteiger partial charge in [0.05, 0.1) is 6.10 Å². The minimum absolute atomic E-state index is 0.183. The van der Waals surface area contributed by atoms with Crippen molar-refractivity contribution in [1.82, 2.24) is 0 Å². The quantitative estimate of drug-likeness (QED) is 0.669. The first kappa shape index (κ1) is 11.9. The fourth-order valence-electron chi connectivity index (χ4n) is 1.75. The normalized spacial score (nSPS) is 14.8.